The third-order valence-corrected chi connectivity index (χ3v) is 4.90. The highest BCUT2D eigenvalue weighted by atomic mass is 35.5. The van der Waals surface area contributed by atoms with Crippen molar-refractivity contribution in [1.29, 1.82) is 0 Å². The number of benzene rings is 2. The van der Waals surface area contributed by atoms with Crippen LogP contribution in [-0.4, -0.2) is 19.4 Å². The number of aliphatic hydroxyl groups is 1. The molecule has 0 aliphatic carbocycles. The summed E-state index contributed by atoms with van der Waals surface area (Å²) in [5.74, 6) is -0.454. The van der Waals surface area contributed by atoms with Gasteiger partial charge in [-0.15, -0.1) is 12.4 Å². The van der Waals surface area contributed by atoms with E-state index in [0.717, 1.165) is 6.07 Å². The second kappa shape index (κ2) is 5.77. The lowest BCUT2D eigenvalue weighted by molar-refractivity contribution is 0.0474. The zero-order valence-corrected chi connectivity index (χ0v) is 13.9. The quantitative estimate of drug-likeness (QED) is 0.736. The average molecular weight is 375 g/mol. The summed E-state index contributed by atoms with van der Waals surface area (Å²) in [5, 5.41) is 18.4. The van der Waals surface area contributed by atoms with E-state index in [1.165, 1.54) is 12.1 Å². The van der Waals surface area contributed by atoms with Crippen LogP contribution in [0.4, 0.5) is 0 Å². The molecular weight excluding hydrogens is 363 g/mol. The fourth-order valence-corrected chi connectivity index (χ4v) is 3.54. The maximum Gasteiger partial charge on any atom is 0.254 e. The van der Waals surface area contributed by atoms with Crippen molar-refractivity contribution in [1.82, 2.24) is 5.32 Å². The van der Waals surface area contributed by atoms with Crippen molar-refractivity contribution in [2.45, 2.75) is 10.6 Å². The van der Waals surface area contributed by atoms with Crippen LogP contribution in [0.2, 0.25) is 5.02 Å². The van der Waals surface area contributed by atoms with Crippen molar-refractivity contribution in [3.63, 3.8) is 0 Å². The summed E-state index contributed by atoms with van der Waals surface area (Å²) in [6, 6.07) is 10.4. The standard InChI is InChI=1S/C14H11ClN2O4S.ClH/c15-11-6-5-8(7-12(11)22(16,20)21)14(19)10-4-2-1-3-9(10)13(18)17-14;/h1-7,19H,(H,17,18)(H2,16,20,21);1H. The van der Waals surface area contributed by atoms with Crippen LogP contribution in [0, 0.1) is 0 Å². The van der Waals surface area contributed by atoms with Crippen molar-refractivity contribution in [2.75, 3.05) is 0 Å². The molecule has 2 aromatic carbocycles. The second-order valence-corrected chi connectivity index (χ2v) is 6.84. The fraction of sp³-hybridized carbons (Fsp3) is 0.0714. The lowest BCUT2D eigenvalue weighted by Crippen LogP contribution is -2.40. The predicted octanol–water partition coefficient (Wildman–Crippen LogP) is 1.35. The lowest BCUT2D eigenvalue weighted by Gasteiger charge is -2.25. The maximum absolute atomic E-state index is 12.0. The largest absolute Gasteiger partial charge is 0.363 e. The Morgan fingerprint density at radius 2 is 1.83 bits per heavy atom. The molecule has 0 aromatic heterocycles. The summed E-state index contributed by atoms with van der Waals surface area (Å²) < 4.78 is 23.1. The Balaban J connectivity index is 0.00000192. The minimum absolute atomic E-state index is 0. The van der Waals surface area contributed by atoms with E-state index < -0.39 is 21.7 Å². The van der Waals surface area contributed by atoms with Gasteiger partial charge >= 0.3 is 0 Å². The van der Waals surface area contributed by atoms with Gasteiger partial charge in [-0.3, -0.25) is 4.79 Å². The van der Waals surface area contributed by atoms with Crippen LogP contribution in [0.15, 0.2) is 47.4 Å². The first-order valence-electron chi connectivity index (χ1n) is 6.21. The first-order valence-corrected chi connectivity index (χ1v) is 8.13. The molecule has 0 radical (unpaired) electrons. The van der Waals surface area contributed by atoms with E-state index in [-0.39, 0.29) is 27.9 Å². The molecular formula is C14H12Cl2N2O4S. The molecule has 4 N–H and O–H groups in total. The Labute approximate surface area is 143 Å². The van der Waals surface area contributed by atoms with E-state index in [2.05, 4.69) is 5.32 Å². The van der Waals surface area contributed by atoms with Crippen molar-refractivity contribution >= 4 is 39.9 Å². The number of primary sulfonamides is 1. The Kier molecular flexibility index (Phi) is 4.44. The monoisotopic (exact) mass is 374 g/mol. The first kappa shape index (κ1) is 17.7. The summed E-state index contributed by atoms with van der Waals surface area (Å²) in [7, 11) is -4.06. The van der Waals surface area contributed by atoms with Gasteiger partial charge in [0, 0.05) is 16.7 Å². The van der Waals surface area contributed by atoms with Crippen molar-refractivity contribution in [2.24, 2.45) is 5.14 Å². The number of nitrogens with one attached hydrogen (secondary N) is 1. The third kappa shape index (κ3) is 2.82. The maximum atomic E-state index is 12.0. The number of carbonyl (C=O) groups is 1. The Bertz CT molecular complexity index is 901. The molecule has 1 atom stereocenters. The van der Waals surface area contributed by atoms with Gasteiger partial charge in [-0.1, -0.05) is 35.9 Å². The van der Waals surface area contributed by atoms with Crippen LogP contribution in [0.25, 0.3) is 0 Å². The van der Waals surface area contributed by atoms with Crippen LogP contribution >= 0.6 is 24.0 Å². The van der Waals surface area contributed by atoms with Crippen molar-refractivity contribution in [3.05, 3.63) is 64.2 Å². The lowest BCUT2D eigenvalue weighted by atomic mass is 9.94. The minimum atomic E-state index is -4.06. The van der Waals surface area contributed by atoms with E-state index in [4.69, 9.17) is 16.7 Å². The summed E-state index contributed by atoms with van der Waals surface area (Å²) >= 11 is 5.83. The van der Waals surface area contributed by atoms with Crippen LogP contribution in [-0.2, 0) is 15.7 Å². The number of carbonyl (C=O) groups excluding carboxylic acids is 1. The van der Waals surface area contributed by atoms with Crippen LogP contribution in [0.1, 0.15) is 21.5 Å². The summed E-state index contributed by atoms with van der Waals surface area (Å²) in [4.78, 5) is 11.6. The predicted molar refractivity (Wildman–Crippen MR) is 87.0 cm³/mol. The number of hydrogen-bond donors (Lipinski definition) is 3. The number of sulfonamides is 1. The van der Waals surface area contributed by atoms with E-state index >= 15 is 0 Å². The smallest absolute Gasteiger partial charge is 0.254 e. The molecule has 0 saturated heterocycles. The normalized spacial score (nSPS) is 19.7. The summed E-state index contributed by atoms with van der Waals surface area (Å²) in [5.41, 5.74) is -1.03. The number of halogens is 2. The van der Waals surface area contributed by atoms with Crippen LogP contribution in [0.3, 0.4) is 0 Å². The molecule has 1 amide bonds. The van der Waals surface area contributed by atoms with E-state index in [9.17, 15) is 18.3 Å². The summed E-state index contributed by atoms with van der Waals surface area (Å²) in [6.45, 7) is 0. The zero-order valence-electron chi connectivity index (χ0n) is 11.5. The molecule has 1 aliphatic heterocycles. The topological polar surface area (TPSA) is 109 Å². The highest BCUT2D eigenvalue weighted by Gasteiger charge is 2.43. The van der Waals surface area contributed by atoms with E-state index in [1.54, 1.807) is 24.3 Å². The molecule has 1 heterocycles. The fourth-order valence-electron chi connectivity index (χ4n) is 2.47. The van der Waals surface area contributed by atoms with Gasteiger partial charge in [-0.05, 0) is 18.2 Å². The Morgan fingerprint density at radius 1 is 1.17 bits per heavy atom. The molecule has 3 rings (SSSR count). The van der Waals surface area contributed by atoms with Gasteiger partial charge < -0.3 is 10.4 Å². The van der Waals surface area contributed by atoms with Gasteiger partial charge in [0.05, 0.1) is 5.02 Å². The molecule has 0 spiro atoms. The van der Waals surface area contributed by atoms with E-state index in [1.807, 2.05) is 0 Å². The molecule has 2 aromatic rings. The number of nitrogens with two attached hydrogens (primary N) is 1. The van der Waals surface area contributed by atoms with Gasteiger partial charge in [-0.25, -0.2) is 13.6 Å². The highest BCUT2D eigenvalue weighted by Crippen LogP contribution is 2.36. The highest BCUT2D eigenvalue weighted by molar-refractivity contribution is 7.89. The molecule has 0 fully saturated rings. The molecule has 122 valence electrons. The van der Waals surface area contributed by atoms with E-state index in [0.29, 0.717) is 11.1 Å². The van der Waals surface area contributed by atoms with Gasteiger partial charge in [0.2, 0.25) is 10.0 Å². The zero-order chi connectivity index (χ0) is 16.1. The van der Waals surface area contributed by atoms with Gasteiger partial charge in [-0.2, -0.15) is 0 Å². The molecule has 9 heteroatoms. The first-order chi connectivity index (χ1) is 10.2. The van der Waals surface area contributed by atoms with Crippen LogP contribution < -0.4 is 10.5 Å². The van der Waals surface area contributed by atoms with Crippen LogP contribution in [0.5, 0.6) is 0 Å². The number of rotatable bonds is 2. The minimum Gasteiger partial charge on any atom is -0.363 e. The number of fused-ring (bicyclic) bond motifs is 1. The third-order valence-electron chi connectivity index (χ3n) is 3.51. The Morgan fingerprint density at radius 3 is 2.48 bits per heavy atom. The van der Waals surface area contributed by atoms with Gasteiger partial charge in [0.25, 0.3) is 5.91 Å². The Hall–Kier alpha value is -1.64. The molecule has 0 bridgehead atoms. The number of amides is 1. The second-order valence-electron chi connectivity index (χ2n) is 4.90. The summed E-state index contributed by atoms with van der Waals surface area (Å²) in [6.07, 6.45) is 0. The SMILES string of the molecule is Cl.NS(=O)(=O)c1cc(C2(O)NC(=O)c3ccccc32)ccc1Cl. The van der Waals surface area contributed by atoms with Crippen molar-refractivity contribution < 1.29 is 18.3 Å². The molecule has 1 unspecified atom stereocenters. The van der Waals surface area contributed by atoms with Gasteiger partial charge in [0.15, 0.2) is 5.72 Å². The van der Waals surface area contributed by atoms with Gasteiger partial charge in [0.1, 0.15) is 4.90 Å². The molecule has 1 aliphatic rings. The molecule has 6 nitrogen and oxygen atoms in total. The average Bonchev–Trinajstić information content (AvgIpc) is 2.71. The number of hydrogen-bond acceptors (Lipinski definition) is 4. The van der Waals surface area contributed by atoms with Crippen molar-refractivity contribution in [3.8, 4) is 0 Å². The molecule has 23 heavy (non-hydrogen) atoms. The molecule has 0 saturated carbocycles.